The van der Waals surface area contributed by atoms with Gasteiger partial charge in [-0.15, -0.1) is 0 Å². The van der Waals surface area contributed by atoms with Crippen molar-refractivity contribution >= 4 is 88.4 Å². The molecular weight excluding hydrogens is 1390 g/mol. The van der Waals surface area contributed by atoms with Crippen molar-refractivity contribution < 1.29 is 146 Å². The van der Waals surface area contributed by atoms with Crippen molar-refractivity contribution in [3.63, 3.8) is 0 Å². The molecule has 26 nitrogen and oxygen atoms in total. The fraction of sp³-hybridized carbons (Fsp3) is 0.338. The van der Waals surface area contributed by atoms with Gasteiger partial charge in [0.25, 0.3) is 11.6 Å². The summed E-state index contributed by atoms with van der Waals surface area (Å²) in [6.45, 7) is 17.5. The number of aromatic nitrogens is 6. The number of H-pyrrole nitrogens is 2. The summed E-state index contributed by atoms with van der Waals surface area (Å²) < 4.78 is 47.0. The van der Waals surface area contributed by atoms with E-state index in [0.29, 0.717) is 87.0 Å². The minimum Gasteiger partial charge on any atom is -0.629 e. The van der Waals surface area contributed by atoms with Crippen molar-refractivity contribution in [1.29, 1.82) is 0 Å². The van der Waals surface area contributed by atoms with Crippen molar-refractivity contribution in [3.05, 3.63) is 192 Å². The van der Waals surface area contributed by atoms with Crippen LogP contribution in [0.2, 0.25) is 0 Å². The van der Waals surface area contributed by atoms with Crippen LogP contribution in [0.25, 0.3) is 43.9 Å². The Kier molecular flexibility index (Phi) is 38.6. The minimum absolute atomic E-state index is 0. The molecule has 0 fully saturated rings. The molecule has 0 amide bonds. The Morgan fingerprint density at radius 2 is 0.875 bits per heavy atom. The van der Waals surface area contributed by atoms with E-state index in [1.165, 1.54) is 54.6 Å². The number of hydrogen-bond acceptors (Lipinski definition) is 22. The standard InChI is InChI=1S/C20H24NO6P.2C17H22N4O2.C16H16NO6P.4CH4.2Na/c1-21-28(2,26-17-9-3-15(4-10-17)7-13-19(22)23)27-18-11-5-16(6-12-18)8-14-20(24)25;2*1-4-23-9-13-20-14-15(21(13)10-17(2,3)22)11-7-5-6-8-12(11)19-16(14)18;1-17-24(2,22-13-7-3-11(4-8-13)15(18)19)23-14-9-5-12(6-10-14)16(20)21;;;;;;/h3-6,9-13,22-23H,7-8,14H2,1-2H3,(H,24,25);2*5-8,22H,4,9-10H2,1-3H3,(H2,18,19);3-10H,1-2H3,(H,18,19)(H,20,21);4*1H4;;/q;;;;;;;;2*+1/p-2. The number of aliphatic hydroxyl groups excluding tert-OH is 1. The molecule has 0 saturated carbocycles. The number of para-hydroxylation sites is 2. The summed E-state index contributed by atoms with van der Waals surface area (Å²) in [5.74, 6) is -0.00356. The number of aromatic carboxylic acids is 2. The molecule has 10 aromatic rings. The molecule has 4 heterocycles. The molecule has 0 radical (unpaired) electrons. The Bertz CT molecular complexity index is 4330. The number of nitrogens with two attached hydrogens (primary N) is 2. The number of carbonyl (C=O) groups is 3. The number of imidazole rings is 2. The summed E-state index contributed by atoms with van der Waals surface area (Å²) in [5.41, 5.74) is 17.5. The number of allylic oxidation sites excluding steroid dienone is 1. The van der Waals surface area contributed by atoms with Crippen LogP contribution in [0.3, 0.4) is 0 Å². The largest absolute Gasteiger partial charge is 1.00 e. The third-order valence-electron chi connectivity index (χ3n) is 14.5. The van der Waals surface area contributed by atoms with Gasteiger partial charge in [0, 0.05) is 52.6 Å². The first kappa shape index (κ1) is 93.9. The van der Waals surface area contributed by atoms with E-state index < -0.39 is 50.1 Å². The number of aromatic amines is 2. The number of benzene rings is 6. The van der Waals surface area contributed by atoms with Crippen molar-refractivity contribution in [2.45, 2.75) is 128 Å². The number of rotatable bonds is 25. The number of anilines is 2. The number of ether oxygens (including phenoxy) is 2. The number of nitrogen functional groups attached to an aromatic ring is 2. The molecule has 9 N–H and O–H groups in total. The van der Waals surface area contributed by atoms with Gasteiger partial charge in [0.15, 0.2) is 22.7 Å². The van der Waals surface area contributed by atoms with Gasteiger partial charge in [-0.25, -0.2) is 38.6 Å². The molecule has 0 aliphatic rings. The quantitative estimate of drug-likeness (QED) is 0.0184. The first-order valence-corrected chi connectivity index (χ1v) is 35.1. The molecule has 1 unspecified atom stereocenters. The van der Waals surface area contributed by atoms with Crippen molar-refractivity contribution in [3.8, 4) is 23.0 Å². The normalized spacial score (nSPS) is 11.6. The molecule has 552 valence electrons. The number of carbonyl (C=O) groups excluding carboxylic acids is 3. The fourth-order valence-electron chi connectivity index (χ4n) is 9.82. The summed E-state index contributed by atoms with van der Waals surface area (Å²) in [7, 11) is -2.08. The Balaban J connectivity index is 0.000000682. The Morgan fingerprint density at radius 3 is 1.17 bits per heavy atom. The Labute approximate surface area is 653 Å². The van der Waals surface area contributed by atoms with Crippen molar-refractivity contribution in [2.75, 3.05) is 52.1 Å². The Hall–Kier alpha value is -8.07. The number of aryl methyl sites for hydroxylation is 1. The van der Waals surface area contributed by atoms with Gasteiger partial charge in [0.05, 0.1) is 44.9 Å². The number of pyridine rings is 2. The van der Waals surface area contributed by atoms with Crippen LogP contribution in [0.4, 0.5) is 11.6 Å². The summed E-state index contributed by atoms with van der Waals surface area (Å²) >= 11 is 0. The predicted molar refractivity (Wildman–Crippen MR) is 394 cm³/mol. The second kappa shape index (κ2) is 42.8. The molecule has 0 aliphatic carbocycles. The second-order valence-electron chi connectivity index (χ2n) is 23.6. The molecule has 10 rings (SSSR count). The zero-order chi connectivity index (χ0) is 71.5. The van der Waals surface area contributed by atoms with Crippen molar-refractivity contribution in [2.24, 2.45) is 9.49 Å². The molecule has 0 saturated heterocycles. The van der Waals surface area contributed by atoms with Gasteiger partial charge in [-0.3, -0.25) is 0 Å². The van der Waals surface area contributed by atoms with Crippen LogP contribution < -0.4 is 118 Å². The van der Waals surface area contributed by atoms with E-state index in [2.05, 4.69) is 29.4 Å². The van der Waals surface area contributed by atoms with E-state index in [9.17, 15) is 45.0 Å². The average molecular weight is 1490 g/mol. The predicted octanol–water partition coefficient (Wildman–Crippen LogP) is 3.92. The molecule has 104 heavy (non-hydrogen) atoms. The molecule has 6 aromatic carbocycles. The molecular formula is C74H98N10Na2O16P2. The first-order valence-electron chi connectivity index (χ1n) is 31.0. The van der Waals surface area contributed by atoms with Gasteiger partial charge < -0.3 is 89.2 Å². The minimum atomic E-state index is -2.67. The third-order valence-corrected chi connectivity index (χ3v) is 18.1. The smallest absolute Gasteiger partial charge is 0.629 e. The van der Waals surface area contributed by atoms with Crippen LogP contribution in [-0.2, 0) is 53.4 Å². The molecule has 30 heteroatoms. The van der Waals surface area contributed by atoms with Crippen LogP contribution in [0, 0.1) is 0 Å². The number of fused-ring (bicyclic) bond motifs is 6. The van der Waals surface area contributed by atoms with E-state index in [0.717, 1.165) is 66.6 Å². The summed E-state index contributed by atoms with van der Waals surface area (Å²) in [5, 5.41) is 73.9. The molecule has 0 spiro atoms. The number of nitrogens with zero attached hydrogens (tertiary/aromatic N) is 6. The third kappa shape index (κ3) is 27.4. The van der Waals surface area contributed by atoms with Gasteiger partial charge in [0.2, 0.25) is 11.0 Å². The van der Waals surface area contributed by atoms with Gasteiger partial charge in [-0.2, -0.15) is 0 Å². The zero-order valence-corrected chi connectivity index (χ0v) is 64.0. The summed E-state index contributed by atoms with van der Waals surface area (Å²) in [6.07, 6.45) is 1.89. The Morgan fingerprint density at radius 1 is 0.548 bits per heavy atom. The first-order chi connectivity index (χ1) is 46.4. The number of nitrogens with one attached hydrogen (secondary N) is 2. The number of carboxylic acid groups (broad SMARTS) is 3. The van der Waals surface area contributed by atoms with Crippen LogP contribution in [0.15, 0.2) is 167 Å². The maximum absolute atomic E-state index is 10.7. The summed E-state index contributed by atoms with van der Waals surface area (Å²) in [4.78, 5) is 47.6. The molecule has 1 atom stereocenters. The number of carboxylic acids is 3. The molecule has 0 bridgehead atoms. The van der Waals surface area contributed by atoms with E-state index in [1.54, 1.807) is 104 Å². The number of aliphatic carboxylic acids is 1. The van der Waals surface area contributed by atoms with Crippen molar-refractivity contribution in [1.82, 2.24) is 19.9 Å². The fourth-order valence-corrected chi connectivity index (χ4v) is 12.3. The number of hydrogen-bond donors (Lipinski definition) is 7. The van der Waals surface area contributed by atoms with Crippen LogP contribution in [0.1, 0.15) is 121 Å². The monoisotopic (exact) mass is 1490 g/mol. The maximum atomic E-state index is 10.7. The van der Waals surface area contributed by atoms with Gasteiger partial charge in [0.1, 0.15) is 49.3 Å². The van der Waals surface area contributed by atoms with Crippen LogP contribution >= 0.6 is 15.0 Å². The van der Waals surface area contributed by atoms with Gasteiger partial charge >= 0.3 is 74.1 Å². The van der Waals surface area contributed by atoms with Gasteiger partial charge in [-0.1, -0.05) is 84.3 Å². The van der Waals surface area contributed by atoms with Crippen LogP contribution in [0.5, 0.6) is 23.0 Å². The van der Waals surface area contributed by atoms with E-state index in [1.807, 2.05) is 71.5 Å². The molecule has 0 aliphatic heterocycles. The van der Waals surface area contributed by atoms with Gasteiger partial charge in [-0.05, 0) is 180 Å². The number of aliphatic hydroxyl groups is 3. The van der Waals surface area contributed by atoms with E-state index >= 15 is 0 Å². The summed E-state index contributed by atoms with van der Waals surface area (Å²) in [6, 6.07) is 41.3. The maximum Gasteiger partial charge on any atom is 1.00 e. The average Bonchev–Trinajstić information content (AvgIpc) is 1.63. The molecule has 4 aromatic heterocycles. The topological polar surface area (TPSA) is 401 Å². The second-order valence-corrected chi connectivity index (χ2v) is 28.3. The van der Waals surface area contributed by atoms with E-state index in [-0.39, 0.29) is 106 Å². The SMILES string of the molecule is C.C.C.C.CCOCc1[nH]c2c(N)nc3ccccc3c2[n+]1CC(C)(C)O.CCOCc1[nH]c2c(N)nc3ccccc3c2[n+]1CC(C)(C)O.CN=P(C)(Oc1ccc(C(=O)[O-])cc1)Oc1ccc(C(=O)[O-])cc1.CN=P(C)(Oc1ccc(CC=C([O-])O)cc1)Oc1ccc(CCC(=O)[O-])cc1.[Na+].[Na+]. The zero-order valence-electron chi connectivity index (χ0n) is 58.2. The van der Waals surface area contributed by atoms with E-state index in [4.69, 9.17) is 44.1 Å². The van der Waals surface area contributed by atoms with Crippen LogP contribution in [-0.4, -0.2) is 105 Å².